The molecule has 3 atom stereocenters. The fourth-order valence-electron chi connectivity index (χ4n) is 4.26. The average Bonchev–Trinajstić information content (AvgIpc) is 3.35. The molecule has 1 aromatic carbocycles. The van der Waals surface area contributed by atoms with E-state index in [1.165, 1.54) is 12.2 Å². The summed E-state index contributed by atoms with van der Waals surface area (Å²) < 4.78 is 5.50. The van der Waals surface area contributed by atoms with E-state index in [-0.39, 0.29) is 36.0 Å². The summed E-state index contributed by atoms with van der Waals surface area (Å²) in [7, 11) is 3.10. The lowest BCUT2D eigenvalue weighted by atomic mass is 9.91. The Morgan fingerprint density at radius 3 is 2.68 bits per heavy atom. The number of piperidine rings is 1. The minimum Gasteiger partial charge on any atom is -0.445 e. The lowest BCUT2D eigenvalue weighted by Crippen LogP contribution is -2.41. The van der Waals surface area contributed by atoms with Gasteiger partial charge >= 0.3 is 6.09 Å². The summed E-state index contributed by atoms with van der Waals surface area (Å²) in [6.45, 7) is 2.98. The molecule has 0 spiro atoms. The summed E-state index contributed by atoms with van der Waals surface area (Å²) in [5.74, 6) is -0.258. The molecule has 0 unspecified atom stereocenters. The summed E-state index contributed by atoms with van der Waals surface area (Å²) in [6.07, 6.45) is 2.39. The van der Waals surface area contributed by atoms with Crippen LogP contribution in [0.3, 0.4) is 0 Å². The third-order valence-corrected chi connectivity index (χ3v) is 5.74. The number of carbonyl (C=O) groups excluding carboxylic acids is 2. The molecule has 6 nitrogen and oxygen atoms in total. The van der Waals surface area contributed by atoms with Crippen LogP contribution in [-0.4, -0.2) is 48.7 Å². The van der Waals surface area contributed by atoms with E-state index in [1.807, 2.05) is 30.3 Å². The van der Waals surface area contributed by atoms with Gasteiger partial charge in [0.15, 0.2) is 0 Å². The molecule has 0 radical (unpaired) electrons. The number of likely N-dealkylation sites (tertiary alicyclic amines) is 1. The van der Waals surface area contributed by atoms with Crippen molar-refractivity contribution in [2.75, 3.05) is 20.7 Å². The smallest absolute Gasteiger partial charge is 0.410 e. The molecule has 6 heteroatoms. The largest absolute Gasteiger partial charge is 0.445 e. The maximum atomic E-state index is 12.6. The summed E-state index contributed by atoms with van der Waals surface area (Å²) in [4.78, 5) is 32.1. The Hall–Kier alpha value is -2.08. The maximum absolute atomic E-state index is 12.6. The van der Waals surface area contributed by atoms with Crippen molar-refractivity contribution in [2.45, 2.75) is 38.8 Å². The number of nitrogens with zero attached hydrogens (tertiary/aromatic N) is 2. The number of hydroxylamine groups is 2. The molecule has 1 aliphatic heterocycles. The van der Waals surface area contributed by atoms with Crippen LogP contribution < -0.4 is 0 Å². The van der Waals surface area contributed by atoms with Crippen LogP contribution in [0, 0.1) is 11.3 Å². The van der Waals surface area contributed by atoms with Crippen molar-refractivity contribution in [1.29, 1.82) is 0 Å². The predicted octanol–water partition coefficient (Wildman–Crippen LogP) is 2.83. The summed E-state index contributed by atoms with van der Waals surface area (Å²) in [6, 6.07) is 9.54. The van der Waals surface area contributed by atoms with E-state index in [0.29, 0.717) is 6.54 Å². The number of benzene rings is 1. The Morgan fingerprint density at radius 1 is 1.32 bits per heavy atom. The van der Waals surface area contributed by atoms with E-state index in [9.17, 15) is 9.59 Å². The summed E-state index contributed by atoms with van der Waals surface area (Å²) >= 11 is 0. The molecule has 1 saturated heterocycles. The van der Waals surface area contributed by atoms with Crippen molar-refractivity contribution in [2.24, 2.45) is 11.3 Å². The average molecular weight is 346 g/mol. The monoisotopic (exact) mass is 346 g/mol. The van der Waals surface area contributed by atoms with Crippen LogP contribution in [0.1, 0.15) is 31.7 Å². The number of hydrogen-bond donors (Lipinski definition) is 0. The second kappa shape index (κ2) is 7.04. The first-order valence-corrected chi connectivity index (χ1v) is 8.84. The van der Waals surface area contributed by atoms with Crippen molar-refractivity contribution >= 4 is 12.0 Å². The zero-order valence-corrected chi connectivity index (χ0v) is 15.1. The molecule has 1 aliphatic carbocycles. The van der Waals surface area contributed by atoms with Crippen LogP contribution in [0.25, 0.3) is 0 Å². The number of carbonyl (C=O) groups is 2. The molecule has 3 rings (SSSR count). The van der Waals surface area contributed by atoms with Gasteiger partial charge in [-0.25, -0.2) is 9.86 Å². The standard InChI is InChI=1S/C19H26N2O4/c1-4-19-11-8-12-21(16(19)15(19)17(22)20(2)24-3)18(23)25-13-14-9-6-5-7-10-14/h5-7,9-10,15-16H,4,8,11-13H2,1-3H3/t15-,16+,19-/m0/s1. The molecule has 25 heavy (non-hydrogen) atoms. The predicted molar refractivity (Wildman–Crippen MR) is 92.3 cm³/mol. The van der Waals surface area contributed by atoms with Gasteiger partial charge in [-0.15, -0.1) is 0 Å². The molecule has 1 heterocycles. The van der Waals surface area contributed by atoms with Gasteiger partial charge in [-0.05, 0) is 24.8 Å². The molecule has 1 saturated carbocycles. The normalized spacial score (nSPS) is 27.4. The first-order valence-electron chi connectivity index (χ1n) is 8.84. The quantitative estimate of drug-likeness (QED) is 0.769. The summed E-state index contributed by atoms with van der Waals surface area (Å²) in [5.41, 5.74) is 0.825. The van der Waals surface area contributed by atoms with Gasteiger partial charge in [0.1, 0.15) is 6.61 Å². The Balaban J connectivity index is 1.69. The molecule has 0 bridgehead atoms. The van der Waals surface area contributed by atoms with Crippen molar-refractivity contribution in [1.82, 2.24) is 9.96 Å². The van der Waals surface area contributed by atoms with E-state index < -0.39 is 0 Å². The molecular formula is C19H26N2O4. The Labute approximate surface area is 148 Å². The highest BCUT2D eigenvalue weighted by atomic mass is 16.7. The lowest BCUT2D eigenvalue weighted by Gasteiger charge is -2.30. The van der Waals surface area contributed by atoms with Crippen molar-refractivity contribution in [3.8, 4) is 0 Å². The number of hydrogen-bond acceptors (Lipinski definition) is 4. The topological polar surface area (TPSA) is 59.1 Å². The van der Waals surface area contributed by atoms with Crippen molar-refractivity contribution < 1.29 is 19.2 Å². The number of rotatable bonds is 5. The van der Waals surface area contributed by atoms with Crippen LogP contribution in [0.5, 0.6) is 0 Å². The van der Waals surface area contributed by atoms with E-state index in [4.69, 9.17) is 9.57 Å². The second-order valence-corrected chi connectivity index (χ2v) is 6.86. The van der Waals surface area contributed by atoms with Crippen molar-refractivity contribution in [3.05, 3.63) is 35.9 Å². The SMILES string of the molecule is CC[C@@]12CCCN(C(=O)OCc3ccccc3)[C@@H]1[C@H]2C(=O)N(C)OC. The number of fused-ring (bicyclic) bond motifs is 1. The van der Waals surface area contributed by atoms with Crippen molar-refractivity contribution in [3.63, 3.8) is 0 Å². The highest BCUT2D eigenvalue weighted by Crippen LogP contribution is 2.63. The highest BCUT2D eigenvalue weighted by Gasteiger charge is 2.71. The van der Waals surface area contributed by atoms with E-state index in [1.54, 1.807) is 11.9 Å². The summed E-state index contributed by atoms with van der Waals surface area (Å²) in [5, 5.41) is 1.27. The third-order valence-electron chi connectivity index (χ3n) is 5.74. The molecule has 2 amide bonds. The Morgan fingerprint density at radius 2 is 2.04 bits per heavy atom. The molecular weight excluding hydrogens is 320 g/mol. The fraction of sp³-hybridized carbons (Fsp3) is 0.579. The molecule has 0 N–H and O–H groups in total. The van der Waals surface area contributed by atoms with Gasteiger partial charge in [0.05, 0.1) is 19.1 Å². The minimum atomic E-state index is -0.332. The molecule has 0 aromatic heterocycles. The Kier molecular flexibility index (Phi) is 4.99. The molecule has 2 fully saturated rings. The van der Waals surface area contributed by atoms with Crippen LogP contribution in [0.15, 0.2) is 30.3 Å². The maximum Gasteiger partial charge on any atom is 0.410 e. The van der Waals surface area contributed by atoms with Gasteiger partial charge in [-0.1, -0.05) is 37.3 Å². The second-order valence-electron chi connectivity index (χ2n) is 6.86. The van der Waals surface area contributed by atoms with Crippen LogP contribution in [0.4, 0.5) is 4.79 Å². The fourth-order valence-corrected chi connectivity index (χ4v) is 4.26. The van der Waals surface area contributed by atoms with Crippen LogP contribution in [-0.2, 0) is 21.0 Å². The zero-order valence-electron chi connectivity index (χ0n) is 15.1. The zero-order chi connectivity index (χ0) is 18.0. The first-order chi connectivity index (χ1) is 12.0. The van der Waals surface area contributed by atoms with Gasteiger partial charge in [0, 0.05) is 19.0 Å². The van der Waals surface area contributed by atoms with Gasteiger partial charge in [-0.2, -0.15) is 0 Å². The van der Waals surface area contributed by atoms with Gasteiger partial charge in [-0.3, -0.25) is 9.63 Å². The highest BCUT2D eigenvalue weighted by molar-refractivity contribution is 5.85. The first kappa shape index (κ1) is 17.7. The lowest BCUT2D eigenvalue weighted by molar-refractivity contribution is -0.171. The van der Waals surface area contributed by atoms with Gasteiger partial charge in [0.2, 0.25) is 0 Å². The number of amides is 2. The van der Waals surface area contributed by atoms with E-state index >= 15 is 0 Å². The number of ether oxygens (including phenoxy) is 1. The van der Waals surface area contributed by atoms with Crippen LogP contribution in [0.2, 0.25) is 0 Å². The van der Waals surface area contributed by atoms with Gasteiger partial charge < -0.3 is 9.64 Å². The van der Waals surface area contributed by atoms with E-state index in [2.05, 4.69) is 6.92 Å². The molecule has 136 valence electrons. The van der Waals surface area contributed by atoms with Gasteiger partial charge in [0.25, 0.3) is 5.91 Å². The molecule has 1 aromatic rings. The third kappa shape index (κ3) is 3.11. The van der Waals surface area contributed by atoms with Crippen LogP contribution >= 0.6 is 0 Å². The Bertz CT molecular complexity index is 636. The molecule has 2 aliphatic rings. The minimum absolute atomic E-state index is 0.0582. The van der Waals surface area contributed by atoms with E-state index in [0.717, 1.165) is 24.8 Å².